The van der Waals surface area contributed by atoms with Crippen LogP contribution in [0.3, 0.4) is 0 Å². The fraction of sp³-hybridized carbons (Fsp3) is 0.727. The molecule has 0 saturated heterocycles. The highest BCUT2D eigenvalue weighted by molar-refractivity contribution is 6.71. The molecule has 0 atom stereocenters. The first-order valence-corrected chi connectivity index (χ1v) is 24.7. The maximum atomic E-state index is 6.34. The van der Waals surface area contributed by atoms with Crippen LogP contribution in [0.4, 0.5) is 0 Å². The summed E-state index contributed by atoms with van der Waals surface area (Å²) in [4.78, 5) is 0. The first-order valence-electron chi connectivity index (χ1n) is 11.1. The van der Waals surface area contributed by atoms with Crippen molar-refractivity contribution in [3.63, 3.8) is 0 Å². The maximum absolute atomic E-state index is 6.34. The first kappa shape index (κ1) is 28.0. The van der Waals surface area contributed by atoms with Gasteiger partial charge in [0, 0.05) is 12.8 Å². The Hall–Kier alpha value is -0.0725. The van der Waals surface area contributed by atoms with E-state index in [1.54, 1.807) is 0 Å². The lowest BCUT2D eigenvalue weighted by Crippen LogP contribution is -2.41. The standard InChI is InChI=1S/C22H46O4Si4/c1-27(2,3)23-21(24-28(4,5)6)17-19-13-15-20(16-14-19)18-22(25-29(7,8)9)26-30(10,11)12/h13-16,21-22H,17-18H2,1-12H3. The molecule has 0 N–H and O–H groups in total. The summed E-state index contributed by atoms with van der Waals surface area (Å²) in [6.07, 6.45) is 1.25. The molecular formula is C22H46O4Si4. The van der Waals surface area contributed by atoms with Crippen molar-refractivity contribution in [2.75, 3.05) is 0 Å². The van der Waals surface area contributed by atoms with Gasteiger partial charge >= 0.3 is 0 Å². The Morgan fingerprint density at radius 2 is 0.667 bits per heavy atom. The molecule has 1 rings (SSSR count). The van der Waals surface area contributed by atoms with Crippen molar-refractivity contribution in [2.45, 2.75) is 104 Å². The lowest BCUT2D eigenvalue weighted by atomic mass is 10.1. The molecule has 0 amide bonds. The van der Waals surface area contributed by atoms with Crippen LogP contribution in [-0.4, -0.2) is 45.8 Å². The fourth-order valence-electron chi connectivity index (χ4n) is 2.99. The average molecular weight is 487 g/mol. The van der Waals surface area contributed by atoms with Crippen molar-refractivity contribution in [1.82, 2.24) is 0 Å². The van der Waals surface area contributed by atoms with Crippen LogP contribution in [0.15, 0.2) is 24.3 Å². The van der Waals surface area contributed by atoms with Crippen molar-refractivity contribution in [3.8, 4) is 0 Å². The van der Waals surface area contributed by atoms with Crippen LogP contribution in [0, 0.1) is 0 Å². The Kier molecular flexibility index (Phi) is 9.97. The number of benzene rings is 1. The summed E-state index contributed by atoms with van der Waals surface area (Å²) in [6.45, 7) is 26.6. The molecule has 1 aromatic carbocycles. The molecule has 8 heteroatoms. The summed E-state index contributed by atoms with van der Waals surface area (Å²) in [7, 11) is -6.72. The zero-order chi connectivity index (χ0) is 23.4. The van der Waals surface area contributed by atoms with Crippen molar-refractivity contribution >= 4 is 33.3 Å². The average Bonchev–Trinajstić information content (AvgIpc) is 2.42. The Balaban J connectivity index is 2.88. The molecule has 0 radical (unpaired) electrons. The Labute approximate surface area is 190 Å². The van der Waals surface area contributed by atoms with Gasteiger partial charge in [0.2, 0.25) is 0 Å². The van der Waals surface area contributed by atoms with E-state index in [0.29, 0.717) is 0 Å². The van der Waals surface area contributed by atoms with Gasteiger partial charge in [0.25, 0.3) is 0 Å². The summed E-state index contributed by atoms with van der Waals surface area (Å²) in [5.41, 5.74) is 2.49. The molecule has 0 fully saturated rings. The molecule has 174 valence electrons. The van der Waals surface area contributed by atoms with Crippen LogP contribution in [0.1, 0.15) is 11.1 Å². The summed E-state index contributed by atoms with van der Waals surface area (Å²) in [5, 5.41) is 0. The van der Waals surface area contributed by atoms with Gasteiger partial charge in [-0.25, -0.2) is 0 Å². The third kappa shape index (κ3) is 14.1. The Morgan fingerprint density at radius 3 is 0.833 bits per heavy atom. The van der Waals surface area contributed by atoms with Gasteiger partial charge in [-0.05, 0) is 89.7 Å². The van der Waals surface area contributed by atoms with Crippen molar-refractivity contribution < 1.29 is 17.7 Å². The predicted octanol–water partition coefficient (Wildman–Crippen LogP) is 6.83. The molecular weight excluding hydrogens is 441 g/mol. The minimum Gasteiger partial charge on any atom is -0.393 e. The van der Waals surface area contributed by atoms with E-state index >= 15 is 0 Å². The van der Waals surface area contributed by atoms with E-state index in [0.717, 1.165) is 12.8 Å². The second-order valence-corrected chi connectivity index (χ2v) is 29.8. The molecule has 0 aliphatic rings. The highest BCUT2D eigenvalue weighted by Gasteiger charge is 2.28. The quantitative estimate of drug-likeness (QED) is 0.240. The lowest BCUT2D eigenvalue weighted by Gasteiger charge is -2.32. The SMILES string of the molecule is C[Si](C)(C)OC(Cc1ccc(CC(O[Si](C)(C)C)O[Si](C)(C)C)cc1)O[Si](C)(C)C. The Bertz CT molecular complexity index is 549. The van der Waals surface area contributed by atoms with Crippen molar-refractivity contribution in [2.24, 2.45) is 0 Å². The Morgan fingerprint density at radius 1 is 0.467 bits per heavy atom. The molecule has 0 aromatic heterocycles. The summed E-state index contributed by atoms with van der Waals surface area (Å²) in [5.74, 6) is 0. The van der Waals surface area contributed by atoms with Crippen LogP contribution < -0.4 is 0 Å². The van der Waals surface area contributed by atoms with Crippen LogP contribution >= 0.6 is 0 Å². The van der Waals surface area contributed by atoms with Crippen LogP contribution in [0.2, 0.25) is 78.6 Å². The maximum Gasteiger partial charge on any atom is 0.187 e. The second-order valence-electron chi connectivity index (χ2n) is 12.0. The minimum atomic E-state index is -1.68. The highest BCUT2D eigenvalue weighted by Crippen LogP contribution is 2.21. The van der Waals surface area contributed by atoms with E-state index in [4.69, 9.17) is 17.7 Å². The van der Waals surface area contributed by atoms with E-state index < -0.39 is 33.3 Å². The van der Waals surface area contributed by atoms with E-state index in [1.807, 2.05) is 0 Å². The van der Waals surface area contributed by atoms with Crippen molar-refractivity contribution in [3.05, 3.63) is 35.4 Å². The second kappa shape index (κ2) is 10.7. The zero-order valence-corrected chi connectivity index (χ0v) is 25.5. The smallest absolute Gasteiger partial charge is 0.187 e. The predicted molar refractivity (Wildman–Crippen MR) is 139 cm³/mol. The van der Waals surface area contributed by atoms with E-state index in [2.05, 4.69) is 103 Å². The lowest BCUT2D eigenvalue weighted by molar-refractivity contribution is -0.00761. The summed E-state index contributed by atoms with van der Waals surface area (Å²) < 4.78 is 25.4. The number of hydrogen-bond donors (Lipinski definition) is 0. The van der Waals surface area contributed by atoms with E-state index in [9.17, 15) is 0 Å². The highest BCUT2D eigenvalue weighted by atomic mass is 28.4. The largest absolute Gasteiger partial charge is 0.393 e. The molecule has 4 nitrogen and oxygen atoms in total. The third-order valence-electron chi connectivity index (χ3n) is 3.77. The molecule has 0 aliphatic heterocycles. The number of hydrogen-bond acceptors (Lipinski definition) is 4. The molecule has 0 bridgehead atoms. The number of rotatable bonds is 12. The molecule has 30 heavy (non-hydrogen) atoms. The van der Waals surface area contributed by atoms with Crippen LogP contribution in [0.5, 0.6) is 0 Å². The van der Waals surface area contributed by atoms with Gasteiger partial charge in [-0.3, -0.25) is 0 Å². The van der Waals surface area contributed by atoms with Gasteiger partial charge in [0.15, 0.2) is 33.3 Å². The third-order valence-corrected chi connectivity index (χ3v) is 7.65. The topological polar surface area (TPSA) is 36.9 Å². The normalized spacial score (nSPS) is 14.1. The summed E-state index contributed by atoms with van der Waals surface area (Å²) >= 11 is 0. The molecule has 0 aliphatic carbocycles. The molecule has 0 heterocycles. The molecule has 0 spiro atoms. The van der Waals surface area contributed by atoms with Crippen molar-refractivity contribution in [1.29, 1.82) is 0 Å². The van der Waals surface area contributed by atoms with Crippen LogP contribution in [-0.2, 0) is 30.5 Å². The van der Waals surface area contributed by atoms with Gasteiger partial charge in [0.05, 0.1) is 0 Å². The van der Waals surface area contributed by atoms with E-state index in [1.165, 1.54) is 11.1 Å². The van der Waals surface area contributed by atoms with E-state index in [-0.39, 0.29) is 12.6 Å². The monoisotopic (exact) mass is 486 g/mol. The van der Waals surface area contributed by atoms with Gasteiger partial charge in [-0.15, -0.1) is 0 Å². The van der Waals surface area contributed by atoms with Gasteiger partial charge in [-0.1, -0.05) is 24.3 Å². The first-order chi connectivity index (χ1) is 13.3. The zero-order valence-electron chi connectivity index (χ0n) is 21.5. The molecule has 0 unspecified atom stereocenters. The van der Waals surface area contributed by atoms with Gasteiger partial charge < -0.3 is 17.7 Å². The minimum absolute atomic E-state index is 0.160. The molecule has 1 aromatic rings. The fourth-order valence-corrected chi connectivity index (χ4v) is 6.86. The van der Waals surface area contributed by atoms with Gasteiger partial charge in [-0.2, -0.15) is 0 Å². The summed E-state index contributed by atoms with van der Waals surface area (Å²) in [6, 6.07) is 8.79. The van der Waals surface area contributed by atoms with Crippen LogP contribution in [0.25, 0.3) is 0 Å². The van der Waals surface area contributed by atoms with Gasteiger partial charge in [0.1, 0.15) is 12.6 Å². The molecule has 0 saturated carbocycles.